The highest BCUT2D eigenvalue weighted by atomic mass is 32.2. The van der Waals surface area contributed by atoms with Gasteiger partial charge < -0.3 is 24.3 Å². The second kappa shape index (κ2) is 12.5. The van der Waals surface area contributed by atoms with Crippen LogP contribution in [-0.4, -0.2) is 64.7 Å². The van der Waals surface area contributed by atoms with Crippen molar-refractivity contribution in [3.63, 3.8) is 0 Å². The highest BCUT2D eigenvalue weighted by Gasteiger charge is 2.49. The molecule has 0 saturated heterocycles. The van der Waals surface area contributed by atoms with Gasteiger partial charge in [0.1, 0.15) is 33.6 Å². The molecular formula is C31H32N6O6S. The van der Waals surface area contributed by atoms with Crippen molar-refractivity contribution in [1.82, 2.24) is 24.5 Å². The van der Waals surface area contributed by atoms with Crippen molar-refractivity contribution in [3.8, 4) is 34.6 Å². The highest BCUT2D eigenvalue weighted by molar-refractivity contribution is 7.74. The van der Waals surface area contributed by atoms with Gasteiger partial charge in [-0.05, 0) is 30.7 Å². The van der Waals surface area contributed by atoms with Gasteiger partial charge in [-0.25, -0.2) is 28.4 Å². The molecule has 0 atom stereocenters. The van der Waals surface area contributed by atoms with Crippen LogP contribution < -0.4 is 19.5 Å². The van der Waals surface area contributed by atoms with E-state index in [4.69, 9.17) is 28.9 Å². The molecular weight excluding hydrogens is 584 g/mol. The van der Waals surface area contributed by atoms with Crippen LogP contribution in [0.4, 0.5) is 5.82 Å². The molecule has 0 amide bonds. The highest BCUT2D eigenvalue weighted by Crippen LogP contribution is 2.40. The Balaban J connectivity index is 1.39. The zero-order valence-corrected chi connectivity index (χ0v) is 25.4. The molecule has 1 aliphatic rings. The number of ether oxygens (including phenoxy) is 4. The van der Waals surface area contributed by atoms with Gasteiger partial charge in [-0.15, -0.1) is 0 Å². The van der Waals surface area contributed by atoms with Crippen molar-refractivity contribution in [2.45, 2.75) is 37.3 Å². The van der Waals surface area contributed by atoms with Crippen LogP contribution in [0.3, 0.4) is 0 Å². The van der Waals surface area contributed by atoms with E-state index in [0.717, 1.165) is 5.56 Å². The molecule has 3 aromatic heterocycles. The second-order valence-corrected chi connectivity index (χ2v) is 11.6. The van der Waals surface area contributed by atoms with Crippen LogP contribution in [0.1, 0.15) is 25.3 Å². The van der Waals surface area contributed by atoms with Crippen LogP contribution in [-0.2, 0) is 22.0 Å². The number of imidazole rings is 1. The summed E-state index contributed by atoms with van der Waals surface area (Å²) in [7, 11) is 0.253. The first-order valence-electron chi connectivity index (χ1n) is 14.1. The molecule has 1 N–H and O–H groups in total. The molecule has 228 valence electrons. The van der Waals surface area contributed by atoms with E-state index in [1.165, 1.54) is 6.20 Å². The molecule has 1 aliphatic carbocycles. The Hall–Kier alpha value is -4.75. The van der Waals surface area contributed by atoms with Crippen LogP contribution in [0.25, 0.3) is 28.5 Å². The first kappa shape index (κ1) is 29.3. The number of benzene rings is 2. The van der Waals surface area contributed by atoms with Crippen molar-refractivity contribution in [2.24, 2.45) is 0 Å². The lowest BCUT2D eigenvalue weighted by molar-refractivity contribution is -0.0240. The summed E-state index contributed by atoms with van der Waals surface area (Å²) in [4.78, 5) is 17.6. The molecule has 2 aromatic carbocycles. The second-order valence-electron chi connectivity index (χ2n) is 10.2. The maximum Gasteiger partial charge on any atom is 0.213 e. The van der Waals surface area contributed by atoms with Crippen molar-refractivity contribution >= 4 is 27.8 Å². The Morgan fingerprint density at radius 2 is 1.66 bits per heavy atom. The molecule has 44 heavy (non-hydrogen) atoms. The van der Waals surface area contributed by atoms with Gasteiger partial charge in [-0.3, -0.25) is 4.57 Å². The number of pyridine rings is 1. The lowest BCUT2D eigenvalue weighted by Gasteiger charge is -2.43. The number of methoxy groups -OCH3 is 2. The standard InChI is InChI=1S/C31H32N6O6S/c1-4-42-26-15-8-12-22(33-26)29-35-28-30(37(29)27-23(40-2)13-9-14-24(27)41-3)34-25(18-32-28)36-31(44(38)39)16-21(17-31)43-19-20-10-6-5-7-11-20/h5-15,18,21,44H,4,16-17,19H2,1-3H3,(H,34,36)/t21-,31+. The van der Waals surface area contributed by atoms with Crippen molar-refractivity contribution in [2.75, 3.05) is 26.1 Å². The fourth-order valence-corrected chi connectivity index (χ4v) is 6.16. The number of thiol groups is 1. The van der Waals surface area contributed by atoms with Gasteiger partial charge in [0.05, 0.1) is 39.7 Å². The molecule has 1 saturated carbocycles. The number of rotatable bonds is 12. The van der Waals surface area contributed by atoms with Crippen molar-refractivity contribution < 1.29 is 27.4 Å². The summed E-state index contributed by atoms with van der Waals surface area (Å²) < 4.78 is 49.8. The average Bonchev–Trinajstić information content (AvgIpc) is 3.40. The van der Waals surface area contributed by atoms with E-state index in [0.29, 0.717) is 59.1 Å². The van der Waals surface area contributed by atoms with E-state index in [1.807, 2.05) is 55.5 Å². The summed E-state index contributed by atoms with van der Waals surface area (Å²) in [6.07, 6.45) is 1.81. The van der Waals surface area contributed by atoms with Gasteiger partial charge in [0, 0.05) is 18.9 Å². The molecule has 0 radical (unpaired) electrons. The van der Waals surface area contributed by atoms with Gasteiger partial charge in [0.25, 0.3) is 0 Å². The summed E-state index contributed by atoms with van der Waals surface area (Å²) in [6, 6.07) is 20.6. The number of para-hydroxylation sites is 1. The minimum atomic E-state index is -2.87. The molecule has 0 bridgehead atoms. The third-order valence-corrected chi connectivity index (χ3v) is 8.59. The molecule has 6 rings (SSSR count). The monoisotopic (exact) mass is 616 g/mol. The van der Waals surface area contributed by atoms with Crippen molar-refractivity contribution in [1.29, 1.82) is 0 Å². The first-order valence-corrected chi connectivity index (χ1v) is 15.3. The van der Waals surface area contributed by atoms with E-state index in [9.17, 15) is 8.42 Å². The van der Waals surface area contributed by atoms with Crippen LogP contribution in [0, 0.1) is 0 Å². The quantitative estimate of drug-likeness (QED) is 0.193. The average molecular weight is 617 g/mol. The van der Waals surface area contributed by atoms with Crippen LogP contribution >= 0.6 is 0 Å². The molecule has 0 aliphatic heterocycles. The molecule has 12 nitrogen and oxygen atoms in total. The SMILES string of the molecule is CCOc1cccc(-c2nc3ncc(N[C@]4([SH](=O)=O)C[C@@H](OCc5ccccc5)C4)nc3n2-c2c(OC)cccc2OC)n1. The Kier molecular flexibility index (Phi) is 8.31. The maximum atomic E-state index is 12.5. The Bertz CT molecular complexity index is 1830. The minimum Gasteiger partial charge on any atom is -0.494 e. The number of nitrogens with zero attached hydrogens (tertiary/aromatic N) is 5. The van der Waals surface area contributed by atoms with E-state index in [-0.39, 0.29) is 24.8 Å². The van der Waals surface area contributed by atoms with E-state index < -0.39 is 15.6 Å². The van der Waals surface area contributed by atoms with Crippen LogP contribution in [0.5, 0.6) is 17.4 Å². The number of hydrogen-bond donors (Lipinski definition) is 2. The molecule has 3 heterocycles. The van der Waals surface area contributed by atoms with E-state index in [1.54, 1.807) is 37.0 Å². The third kappa shape index (κ3) is 5.63. The van der Waals surface area contributed by atoms with Crippen molar-refractivity contribution in [3.05, 3.63) is 78.5 Å². The smallest absolute Gasteiger partial charge is 0.213 e. The number of fused-ring (bicyclic) bond motifs is 1. The van der Waals surface area contributed by atoms with Crippen LogP contribution in [0.15, 0.2) is 72.9 Å². The lowest BCUT2D eigenvalue weighted by Crippen LogP contribution is -2.55. The topological polar surface area (TPSA) is 140 Å². The maximum absolute atomic E-state index is 12.5. The molecule has 0 spiro atoms. The van der Waals surface area contributed by atoms with Gasteiger partial charge >= 0.3 is 0 Å². The summed E-state index contributed by atoms with van der Waals surface area (Å²) in [6.45, 7) is 2.74. The Labute approximate surface area is 256 Å². The fourth-order valence-electron chi connectivity index (χ4n) is 5.25. The number of anilines is 1. The first-order chi connectivity index (χ1) is 21.4. The summed E-state index contributed by atoms with van der Waals surface area (Å²) >= 11 is 0. The molecule has 5 aromatic rings. The van der Waals surface area contributed by atoms with Gasteiger partial charge in [0.2, 0.25) is 5.88 Å². The molecule has 13 heteroatoms. The lowest BCUT2D eigenvalue weighted by atomic mass is 9.88. The number of hydrogen-bond acceptors (Lipinski definition) is 11. The number of aromatic nitrogens is 5. The molecule has 1 fully saturated rings. The van der Waals surface area contributed by atoms with Gasteiger partial charge in [-0.2, -0.15) is 0 Å². The van der Waals surface area contributed by atoms with Gasteiger partial charge in [0.15, 0.2) is 27.8 Å². The fraction of sp³-hybridized carbons (Fsp3) is 0.290. The predicted octanol–water partition coefficient (Wildman–Crippen LogP) is 4.39. The predicted molar refractivity (Wildman–Crippen MR) is 165 cm³/mol. The number of nitrogens with one attached hydrogen (secondary N) is 1. The van der Waals surface area contributed by atoms with E-state index in [2.05, 4.69) is 15.3 Å². The van der Waals surface area contributed by atoms with E-state index >= 15 is 0 Å². The largest absolute Gasteiger partial charge is 0.494 e. The Morgan fingerprint density at radius 3 is 2.34 bits per heavy atom. The zero-order valence-electron chi connectivity index (χ0n) is 24.5. The van der Waals surface area contributed by atoms with Gasteiger partial charge in [-0.1, -0.05) is 42.5 Å². The summed E-state index contributed by atoms with van der Waals surface area (Å²) in [5, 5.41) is 3.13. The zero-order chi connectivity index (χ0) is 30.7. The third-order valence-electron chi connectivity index (χ3n) is 7.41. The summed E-state index contributed by atoms with van der Waals surface area (Å²) in [5.74, 6) is 2.14. The van der Waals surface area contributed by atoms with Crippen LogP contribution in [0.2, 0.25) is 0 Å². The molecule has 0 unspecified atom stereocenters. The summed E-state index contributed by atoms with van der Waals surface area (Å²) in [5.41, 5.74) is 2.74. The normalized spacial score (nSPS) is 17.8. The Morgan fingerprint density at radius 1 is 0.932 bits per heavy atom. The minimum absolute atomic E-state index is 0.217.